The average molecular weight is 283 g/mol. The Bertz CT molecular complexity index is 550. The molecule has 0 bridgehead atoms. The Kier molecular flexibility index (Phi) is 4.00. The molecule has 0 saturated heterocycles. The summed E-state index contributed by atoms with van der Waals surface area (Å²) < 4.78 is 0. The summed E-state index contributed by atoms with van der Waals surface area (Å²) in [5.41, 5.74) is 0. The lowest BCUT2D eigenvalue weighted by atomic mass is 10.3. The summed E-state index contributed by atoms with van der Waals surface area (Å²) in [6.07, 6.45) is 0.329. The van der Waals surface area contributed by atoms with Gasteiger partial charge in [0.2, 0.25) is 5.13 Å². The van der Waals surface area contributed by atoms with Crippen molar-refractivity contribution >= 4 is 39.7 Å². The third kappa shape index (κ3) is 3.34. The number of nitrogens with zero attached hydrogens (tertiary/aromatic N) is 2. The van der Waals surface area contributed by atoms with Gasteiger partial charge < -0.3 is 5.11 Å². The lowest BCUT2D eigenvalue weighted by Crippen LogP contribution is -2.09. The summed E-state index contributed by atoms with van der Waals surface area (Å²) in [5.74, 6) is -1.11. The van der Waals surface area contributed by atoms with E-state index in [0.717, 1.165) is 0 Å². The number of amides is 1. The van der Waals surface area contributed by atoms with E-state index in [1.807, 2.05) is 5.38 Å². The first-order chi connectivity index (χ1) is 8.65. The maximum absolute atomic E-state index is 11.7. The average Bonchev–Trinajstić information content (AvgIpc) is 2.97. The molecular formula is C10H9N3O3S2. The highest BCUT2D eigenvalue weighted by atomic mass is 32.1. The quantitative estimate of drug-likeness (QED) is 0.874. The molecule has 2 rings (SSSR count). The van der Waals surface area contributed by atoms with Crippen LogP contribution in [0.3, 0.4) is 0 Å². The topological polar surface area (TPSA) is 92.2 Å². The first-order valence-corrected chi connectivity index (χ1v) is 6.74. The molecule has 0 aliphatic rings. The number of carboxylic acid groups (broad SMARTS) is 1. The number of anilines is 1. The molecule has 0 unspecified atom stereocenters. The minimum Gasteiger partial charge on any atom is -0.481 e. The Morgan fingerprint density at radius 3 is 2.89 bits per heavy atom. The van der Waals surface area contributed by atoms with Crippen molar-refractivity contribution in [3.05, 3.63) is 27.4 Å². The standard InChI is InChI=1S/C10H9N3O3S2/c14-8(15)4-3-7-12-13-10(18-7)11-9(16)6-2-1-5-17-6/h1-2,5H,3-4H2,(H,14,15)(H,11,13,16). The zero-order valence-electron chi connectivity index (χ0n) is 9.12. The van der Waals surface area contributed by atoms with Gasteiger partial charge in [-0.1, -0.05) is 17.4 Å². The van der Waals surface area contributed by atoms with Gasteiger partial charge in [0.25, 0.3) is 5.91 Å². The van der Waals surface area contributed by atoms with Gasteiger partial charge in [0, 0.05) is 6.42 Å². The Labute approximate surface area is 110 Å². The van der Waals surface area contributed by atoms with Crippen LogP contribution in [0.2, 0.25) is 0 Å². The van der Waals surface area contributed by atoms with Gasteiger partial charge in [-0.25, -0.2) is 0 Å². The van der Waals surface area contributed by atoms with Crippen LogP contribution >= 0.6 is 22.7 Å². The summed E-state index contributed by atoms with van der Waals surface area (Å²) in [6, 6.07) is 3.50. The van der Waals surface area contributed by atoms with Crippen LogP contribution in [0.15, 0.2) is 17.5 Å². The molecule has 2 aromatic rings. The molecule has 8 heteroatoms. The van der Waals surface area contributed by atoms with E-state index in [4.69, 9.17) is 5.11 Å². The minimum absolute atomic E-state index is 0.00744. The second-order valence-corrected chi connectivity index (χ2v) is 5.34. The highest BCUT2D eigenvalue weighted by Crippen LogP contribution is 2.18. The van der Waals surface area contributed by atoms with Gasteiger partial charge in [0.15, 0.2) is 0 Å². The number of nitrogens with one attached hydrogen (secondary N) is 1. The number of aryl methyl sites for hydroxylation is 1. The Morgan fingerprint density at radius 2 is 2.22 bits per heavy atom. The van der Waals surface area contributed by atoms with Crippen molar-refractivity contribution in [3.63, 3.8) is 0 Å². The molecule has 0 fully saturated rings. The van der Waals surface area contributed by atoms with E-state index in [1.54, 1.807) is 12.1 Å². The highest BCUT2D eigenvalue weighted by molar-refractivity contribution is 7.15. The Balaban J connectivity index is 1.94. The molecule has 6 nitrogen and oxygen atoms in total. The first-order valence-electron chi connectivity index (χ1n) is 5.04. The zero-order valence-corrected chi connectivity index (χ0v) is 10.8. The number of carboxylic acids is 1. The van der Waals surface area contributed by atoms with Crippen LogP contribution in [0.5, 0.6) is 0 Å². The molecule has 0 radical (unpaired) electrons. The summed E-state index contributed by atoms with van der Waals surface area (Å²) >= 11 is 2.53. The van der Waals surface area contributed by atoms with E-state index < -0.39 is 5.97 Å². The molecule has 0 saturated carbocycles. The number of hydrogen-bond donors (Lipinski definition) is 2. The number of rotatable bonds is 5. The fraction of sp³-hybridized carbons (Fsp3) is 0.200. The summed E-state index contributed by atoms with van der Waals surface area (Å²) in [4.78, 5) is 22.7. The van der Waals surface area contributed by atoms with E-state index in [-0.39, 0.29) is 12.3 Å². The van der Waals surface area contributed by atoms with Gasteiger partial charge in [0.1, 0.15) is 5.01 Å². The Morgan fingerprint density at radius 1 is 1.39 bits per heavy atom. The molecule has 0 aliphatic heterocycles. The van der Waals surface area contributed by atoms with Gasteiger partial charge in [-0.2, -0.15) is 0 Å². The lowest BCUT2D eigenvalue weighted by Gasteiger charge is -1.96. The SMILES string of the molecule is O=C(O)CCc1nnc(NC(=O)c2cccs2)s1. The summed E-state index contributed by atoms with van der Waals surface area (Å²) in [6.45, 7) is 0. The predicted molar refractivity (Wildman–Crippen MR) is 68.1 cm³/mol. The molecule has 2 aromatic heterocycles. The van der Waals surface area contributed by atoms with E-state index >= 15 is 0 Å². The third-order valence-corrected chi connectivity index (χ3v) is 3.75. The van der Waals surface area contributed by atoms with E-state index in [0.29, 0.717) is 21.4 Å². The van der Waals surface area contributed by atoms with Crippen LogP contribution in [0.1, 0.15) is 21.1 Å². The normalized spacial score (nSPS) is 10.2. The second kappa shape index (κ2) is 5.69. The fourth-order valence-corrected chi connectivity index (χ4v) is 2.54. The van der Waals surface area contributed by atoms with Crippen LogP contribution in [0.25, 0.3) is 0 Å². The summed E-state index contributed by atoms with van der Waals surface area (Å²) in [5, 5.41) is 21.6. The number of thiophene rings is 1. The van der Waals surface area contributed by atoms with Crippen molar-refractivity contribution in [3.8, 4) is 0 Å². The monoisotopic (exact) mass is 283 g/mol. The number of carbonyl (C=O) groups excluding carboxylic acids is 1. The molecule has 1 amide bonds. The molecule has 0 aromatic carbocycles. The Hall–Kier alpha value is -1.80. The van der Waals surface area contributed by atoms with Crippen molar-refractivity contribution in [1.29, 1.82) is 0 Å². The number of aromatic nitrogens is 2. The van der Waals surface area contributed by atoms with E-state index in [9.17, 15) is 9.59 Å². The number of hydrogen-bond acceptors (Lipinski definition) is 6. The van der Waals surface area contributed by atoms with Crippen LogP contribution in [-0.2, 0) is 11.2 Å². The summed E-state index contributed by atoms with van der Waals surface area (Å²) in [7, 11) is 0. The van der Waals surface area contributed by atoms with E-state index in [2.05, 4.69) is 15.5 Å². The number of carbonyl (C=O) groups is 2. The maximum atomic E-state index is 11.7. The van der Waals surface area contributed by atoms with Crippen LogP contribution in [0.4, 0.5) is 5.13 Å². The largest absolute Gasteiger partial charge is 0.481 e. The molecule has 94 valence electrons. The van der Waals surface area contributed by atoms with Crippen molar-refractivity contribution in [2.45, 2.75) is 12.8 Å². The molecule has 0 aliphatic carbocycles. The van der Waals surface area contributed by atoms with Crippen molar-refractivity contribution in [1.82, 2.24) is 10.2 Å². The first kappa shape index (κ1) is 12.7. The van der Waals surface area contributed by atoms with Gasteiger partial charge in [-0.05, 0) is 11.4 Å². The molecule has 18 heavy (non-hydrogen) atoms. The predicted octanol–water partition coefficient (Wildman–Crippen LogP) is 1.87. The maximum Gasteiger partial charge on any atom is 0.303 e. The van der Waals surface area contributed by atoms with Crippen LogP contribution in [0, 0.1) is 0 Å². The second-order valence-electron chi connectivity index (χ2n) is 3.33. The molecule has 0 spiro atoms. The van der Waals surface area contributed by atoms with Crippen molar-refractivity contribution < 1.29 is 14.7 Å². The molecule has 2 N–H and O–H groups in total. The number of aliphatic carboxylic acids is 1. The molecule has 0 atom stereocenters. The van der Waals surface area contributed by atoms with Crippen molar-refractivity contribution in [2.24, 2.45) is 0 Å². The van der Waals surface area contributed by atoms with Crippen LogP contribution in [-0.4, -0.2) is 27.2 Å². The van der Waals surface area contributed by atoms with Gasteiger partial charge in [0.05, 0.1) is 11.3 Å². The third-order valence-electron chi connectivity index (χ3n) is 1.99. The highest BCUT2D eigenvalue weighted by Gasteiger charge is 2.11. The molecule has 2 heterocycles. The fourth-order valence-electron chi connectivity index (χ4n) is 1.19. The van der Waals surface area contributed by atoms with E-state index in [1.165, 1.54) is 22.7 Å². The lowest BCUT2D eigenvalue weighted by molar-refractivity contribution is -0.136. The smallest absolute Gasteiger partial charge is 0.303 e. The van der Waals surface area contributed by atoms with Gasteiger partial charge in [-0.3, -0.25) is 14.9 Å². The van der Waals surface area contributed by atoms with Gasteiger partial charge >= 0.3 is 5.97 Å². The zero-order chi connectivity index (χ0) is 13.0. The van der Waals surface area contributed by atoms with Crippen molar-refractivity contribution in [2.75, 3.05) is 5.32 Å². The van der Waals surface area contributed by atoms with Crippen LogP contribution < -0.4 is 5.32 Å². The van der Waals surface area contributed by atoms with Gasteiger partial charge in [-0.15, -0.1) is 21.5 Å². The molecular weight excluding hydrogens is 274 g/mol. The minimum atomic E-state index is -0.880.